The Kier molecular flexibility index (Phi) is 4.55. The Morgan fingerprint density at radius 3 is 2.50 bits per heavy atom. The number of hydrogen-bond acceptors (Lipinski definition) is 5. The Morgan fingerprint density at radius 2 is 1.95 bits per heavy atom. The van der Waals surface area contributed by atoms with Crippen LogP contribution >= 0.6 is 11.3 Å². The average Bonchev–Trinajstić information content (AvgIpc) is 2.83. The smallest absolute Gasteiger partial charge is 0.145 e. The molecule has 1 N–H and O–H groups in total. The Balaban J connectivity index is 2.32. The first-order valence-electron chi connectivity index (χ1n) is 7.22. The highest BCUT2D eigenvalue weighted by Crippen LogP contribution is 2.43. The number of allylic oxidation sites excluding steroid dienone is 1. The van der Waals surface area contributed by atoms with Gasteiger partial charge in [0.25, 0.3) is 0 Å². The number of thiophene rings is 1. The molecule has 0 fully saturated rings. The van der Waals surface area contributed by atoms with E-state index in [0.717, 1.165) is 29.8 Å². The van der Waals surface area contributed by atoms with Gasteiger partial charge in [-0.05, 0) is 36.2 Å². The number of hydrogen-bond donors (Lipinski definition) is 1. The molecule has 0 bridgehead atoms. The van der Waals surface area contributed by atoms with E-state index in [1.165, 1.54) is 11.1 Å². The summed E-state index contributed by atoms with van der Waals surface area (Å²) in [6.07, 6.45) is 4.39. The molecule has 0 unspecified atom stereocenters. The molecule has 1 atom stereocenters. The van der Waals surface area contributed by atoms with E-state index in [0.29, 0.717) is 11.5 Å². The van der Waals surface area contributed by atoms with E-state index in [1.807, 2.05) is 12.1 Å². The first-order valence-corrected chi connectivity index (χ1v) is 8.04. The molecule has 112 valence electrons. The molecule has 1 heterocycles. The van der Waals surface area contributed by atoms with E-state index in [-0.39, 0.29) is 11.0 Å². The highest BCUT2D eigenvalue weighted by atomic mass is 32.1. The molecule has 0 radical (unpaired) electrons. The molecule has 0 saturated carbocycles. The first kappa shape index (κ1) is 16.1. The van der Waals surface area contributed by atoms with Crippen molar-refractivity contribution in [1.82, 2.24) is 0 Å². The SMILES string of the molecule is CC(C)(C)[C@@H]1CCc2c(sc(NC=C(C#N)C#N)c2C#N)C1. The lowest BCUT2D eigenvalue weighted by Crippen LogP contribution is -2.26. The molecule has 0 amide bonds. The lowest BCUT2D eigenvalue weighted by atomic mass is 9.72. The molecule has 1 aliphatic rings. The maximum Gasteiger partial charge on any atom is 0.145 e. The van der Waals surface area contributed by atoms with Crippen molar-refractivity contribution in [3.8, 4) is 18.2 Å². The van der Waals surface area contributed by atoms with Gasteiger partial charge in [-0.2, -0.15) is 15.8 Å². The predicted octanol–water partition coefficient (Wildman–Crippen LogP) is 4.11. The minimum absolute atomic E-state index is 0.00262. The molecule has 2 rings (SSSR count). The molecule has 0 saturated heterocycles. The van der Waals surface area contributed by atoms with Crippen molar-refractivity contribution in [3.05, 3.63) is 27.8 Å². The van der Waals surface area contributed by atoms with Crippen molar-refractivity contribution in [2.75, 3.05) is 5.32 Å². The van der Waals surface area contributed by atoms with Gasteiger partial charge in [-0.1, -0.05) is 20.8 Å². The fraction of sp³-hybridized carbons (Fsp3) is 0.471. The number of nitrogens with zero attached hydrogens (tertiary/aromatic N) is 3. The molecule has 0 spiro atoms. The Bertz CT molecular complexity index is 713. The zero-order chi connectivity index (χ0) is 16.3. The van der Waals surface area contributed by atoms with Crippen LogP contribution in [0.1, 0.15) is 43.2 Å². The molecule has 0 aromatic carbocycles. The fourth-order valence-corrected chi connectivity index (χ4v) is 4.02. The summed E-state index contributed by atoms with van der Waals surface area (Å²) in [6.45, 7) is 6.78. The van der Waals surface area contributed by atoms with Gasteiger partial charge in [0.1, 0.15) is 28.8 Å². The average molecular weight is 310 g/mol. The maximum atomic E-state index is 9.43. The van der Waals surface area contributed by atoms with Crippen LogP contribution in [0, 0.1) is 45.3 Å². The topological polar surface area (TPSA) is 83.4 Å². The van der Waals surface area contributed by atoms with Gasteiger partial charge < -0.3 is 5.32 Å². The number of rotatable bonds is 2. The summed E-state index contributed by atoms with van der Waals surface area (Å²) in [5.41, 5.74) is 2.07. The van der Waals surface area contributed by atoms with Crippen LogP contribution in [0.15, 0.2) is 11.8 Å². The molecule has 1 aromatic heterocycles. The molecular formula is C17H18N4S. The minimum Gasteiger partial charge on any atom is -0.350 e. The molecule has 1 aromatic rings. The molecule has 22 heavy (non-hydrogen) atoms. The Labute approximate surface area is 135 Å². The second-order valence-electron chi connectivity index (χ2n) is 6.55. The summed E-state index contributed by atoms with van der Waals surface area (Å²) in [4.78, 5) is 1.26. The number of nitrogens with one attached hydrogen (secondary N) is 1. The van der Waals surface area contributed by atoms with Crippen LogP contribution in [0.5, 0.6) is 0 Å². The predicted molar refractivity (Wildman–Crippen MR) is 86.9 cm³/mol. The molecule has 5 heteroatoms. The standard InChI is InChI=1S/C17H18N4S/c1-17(2,3)12-4-5-13-14(9-20)16(22-15(13)6-12)21-10-11(7-18)8-19/h10,12,21H,4-6H2,1-3H3/t12-/m1/s1. The van der Waals surface area contributed by atoms with Gasteiger partial charge in [0.2, 0.25) is 0 Å². The monoisotopic (exact) mass is 310 g/mol. The number of nitriles is 3. The van der Waals surface area contributed by atoms with Gasteiger partial charge in [-0.25, -0.2) is 0 Å². The fourth-order valence-electron chi connectivity index (χ4n) is 2.77. The summed E-state index contributed by atoms with van der Waals surface area (Å²) in [5.74, 6) is 0.613. The van der Waals surface area contributed by atoms with Crippen molar-refractivity contribution >= 4 is 16.3 Å². The van der Waals surface area contributed by atoms with E-state index in [4.69, 9.17) is 10.5 Å². The van der Waals surface area contributed by atoms with Gasteiger partial charge in [0.05, 0.1) is 5.56 Å². The summed E-state index contributed by atoms with van der Waals surface area (Å²) in [6, 6.07) is 5.88. The van der Waals surface area contributed by atoms with E-state index >= 15 is 0 Å². The van der Waals surface area contributed by atoms with Crippen LogP contribution in [0.3, 0.4) is 0 Å². The molecule has 0 aliphatic heterocycles. The largest absolute Gasteiger partial charge is 0.350 e. The quantitative estimate of drug-likeness (QED) is 0.833. The van der Waals surface area contributed by atoms with E-state index in [1.54, 1.807) is 11.3 Å². The minimum atomic E-state index is 0.00262. The van der Waals surface area contributed by atoms with Crippen molar-refractivity contribution < 1.29 is 0 Å². The summed E-state index contributed by atoms with van der Waals surface area (Å²) in [7, 11) is 0. The summed E-state index contributed by atoms with van der Waals surface area (Å²) >= 11 is 1.57. The van der Waals surface area contributed by atoms with Gasteiger partial charge in [-0.15, -0.1) is 11.3 Å². The van der Waals surface area contributed by atoms with Gasteiger partial charge in [-0.3, -0.25) is 0 Å². The maximum absolute atomic E-state index is 9.43. The third-order valence-corrected chi connectivity index (χ3v) is 5.38. The normalized spacial score (nSPS) is 16.6. The number of fused-ring (bicyclic) bond motifs is 1. The van der Waals surface area contributed by atoms with Crippen molar-refractivity contribution in [1.29, 1.82) is 15.8 Å². The van der Waals surface area contributed by atoms with Crippen LogP contribution < -0.4 is 5.32 Å². The van der Waals surface area contributed by atoms with Crippen LogP contribution in [0.25, 0.3) is 0 Å². The summed E-state index contributed by atoms with van der Waals surface area (Å²) < 4.78 is 0. The third kappa shape index (κ3) is 3.14. The zero-order valence-electron chi connectivity index (χ0n) is 13.0. The van der Waals surface area contributed by atoms with Crippen molar-refractivity contribution in [2.45, 2.75) is 40.0 Å². The Morgan fingerprint density at radius 1 is 1.27 bits per heavy atom. The highest BCUT2D eigenvalue weighted by Gasteiger charge is 2.32. The summed E-state index contributed by atoms with van der Waals surface area (Å²) in [5, 5.41) is 30.7. The van der Waals surface area contributed by atoms with Gasteiger partial charge >= 0.3 is 0 Å². The number of anilines is 1. The van der Waals surface area contributed by atoms with Crippen LogP contribution in [-0.2, 0) is 12.8 Å². The first-order chi connectivity index (χ1) is 10.4. The van der Waals surface area contributed by atoms with Crippen LogP contribution in [-0.4, -0.2) is 0 Å². The second kappa shape index (κ2) is 6.22. The highest BCUT2D eigenvalue weighted by molar-refractivity contribution is 7.16. The van der Waals surface area contributed by atoms with Crippen molar-refractivity contribution in [3.63, 3.8) is 0 Å². The van der Waals surface area contributed by atoms with E-state index < -0.39 is 0 Å². The molecular weight excluding hydrogens is 292 g/mol. The van der Waals surface area contributed by atoms with E-state index in [2.05, 4.69) is 32.2 Å². The molecule has 4 nitrogen and oxygen atoms in total. The van der Waals surface area contributed by atoms with Gasteiger partial charge in [0.15, 0.2) is 0 Å². The molecule has 1 aliphatic carbocycles. The Hall–Kier alpha value is -2.29. The zero-order valence-corrected chi connectivity index (χ0v) is 13.8. The van der Waals surface area contributed by atoms with Crippen LogP contribution in [0.4, 0.5) is 5.00 Å². The lowest BCUT2D eigenvalue weighted by molar-refractivity contribution is 0.218. The van der Waals surface area contributed by atoms with Gasteiger partial charge in [0, 0.05) is 11.1 Å². The van der Waals surface area contributed by atoms with E-state index in [9.17, 15) is 5.26 Å². The lowest BCUT2D eigenvalue weighted by Gasteiger charge is -2.33. The second-order valence-corrected chi connectivity index (χ2v) is 7.66. The van der Waals surface area contributed by atoms with Crippen LogP contribution in [0.2, 0.25) is 0 Å². The third-order valence-electron chi connectivity index (χ3n) is 4.19. The van der Waals surface area contributed by atoms with Crippen molar-refractivity contribution in [2.24, 2.45) is 11.3 Å².